The number of amides is 1. The van der Waals surface area contributed by atoms with E-state index in [0.717, 1.165) is 0 Å². The Hall–Kier alpha value is -3.16. The van der Waals surface area contributed by atoms with Crippen molar-refractivity contribution >= 4 is 38.2 Å². The van der Waals surface area contributed by atoms with E-state index in [0.29, 0.717) is 21.6 Å². The summed E-state index contributed by atoms with van der Waals surface area (Å²) >= 11 is 6.10. The van der Waals surface area contributed by atoms with Gasteiger partial charge in [-0.15, -0.1) is 0 Å². The Morgan fingerprint density at radius 1 is 1.03 bits per heavy atom. The molecule has 2 N–H and O–H groups in total. The van der Waals surface area contributed by atoms with Crippen molar-refractivity contribution in [1.82, 2.24) is 15.3 Å². The molecule has 2 aromatic heterocycles. The highest BCUT2D eigenvalue weighted by atomic mass is 35.5. The zero-order valence-corrected chi connectivity index (χ0v) is 16.7. The maximum absolute atomic E-state index is 13.4. The van der Waals surface area contributed by atoms with Gasteiger partial charge in [0, 0.05) is 22.1 Å². The van der Waals surface area contributed by atoms with Crippen molar-refractivity contribution in [3.05, 3.63) is 89.3 Å². The molecule has 0 saturated heterocycles. The first kappa shape index (κ1) is 19.2. The molecule has 4 aromatic rings. The third-order valence-electron chi connectivity index (χ3n) is 4.42. The maximum atomic E-state index is 13.4. The van der Waals surface area contributed by atoms with Crippen LogP contribution in [0.2, 0.25) is 5.02 Å². The Morgan fingerprint density at radius 2 is 1.79 bits per heavy atom. The van der Waals surface area contributed by atoms with Gasteiger partial charge < -0.3 is 10.3 Å². The predicted molar refractivity (Wildman–Crippen MR) is 111 cm³/mol. The van der Waals surface area contributed by atoms with E-state index in [2.05, 4.69) is 15.3 Å². The monoisotopic (exact) mass is 425 g/mol. The second kappa shape index (κ2) is 7.69. The number of nitrogens with one attached hydrogen (secondary N) is 2. The summed E-state index contributed by atoms with van der Waals surface area (Å²) < 4.78 is 26.7. The average molecular weight is 426 g/mol. The summed E-state index contributed by atoms with van der Waals surface area (Å²) in [5.74, 6) is -0.544. The van der Waals surface area contributed by atoms with Crippen LogP contribution in [0.15, 0.2) is 82.7 Å². The number of carbonyl (C=O) groups is 1. The van der Waals surface area contributed by atoms with Gasteiger partial charge in [-0.3, -0.25) is 9.78 Å². The lowest BCUT2D eigenvalue weighted by atomic mass is 10.2. The van der Waals surface area contributed by atoms with Gasteiger partial charge in [-0.05, 0) is 42.5 Å². The van der Waals surface area contributed by atoms with Gasteiger partial charge in [0.15, 0.2) is 0 Å². The molecule has 2 aromatic carbocycles. The van der Waals surface area contributed by atoms with Crippen LogP contribution >= 0.6 is 11.6 Å². The number of halogens is 1. The number of hydrogen-bond donors (Lipinski definition) is 2. The van der Waals surface area contributed by atoms with E-state index in [4.69, 9.17) is 11.6 Å². The molecule has 6 nitrogen and oxygen atoms in total. The first-order chi connectivity index (χ1) is 14.0. The smallest absolute Gasteiger partial charge is 0.269 e. The quantitative estimate of drug-likeness (QED) is 0.506. The van der Waals surface area contributed by atoms with Crippen molar-refractivity contribution in [2.45, 2.75) is 16.3 Å². The zero-order valence-electron chi connectivity index (χ0n) is 15.1. The maximum Gasteiger partial charge on any atom is 0.269 e. The Balaban J connectivity index is 1.82. The number of H-pyrrole nitrogens is 1. The molecule has 0 aliphatic heterocycles. The van der Waals surface area contributed by atoms with Crippen molar-refractivity contribution in [3.8, 4) is 0 Å². The Bertz CT molecular complexity index is 1290. The summed E-state index contributed by atoms with van der Waals surface area (Å²) in [5, 5.41) is 3.47. The normalized spacial score (nSPS) is 11.5. The SMILES string of the molecule is O=C(NCc1ccccn1)c1[nH]c2ccc(Cl)cc2c1S(=O)(=O)c1ccccc1. The van der Waals surface area contributed by atoms with E-state index in [1.54, 1.807) is 54.7 Å². The molecule has 0 fully saturated rings. The summed E-state index contributed by atoms with van der Waals surface area (Å²) in [5.41, 5.74) is 1.13. The third-order valence-corrected chi connectivity index (χ3v) is 6.51. The molecule has 0 saturated carbocycles. The molecule has 0 bridgehead atoms. The molecule has 1 amide bonds. The van der Waals surface area contributed by atoms with E-state index >= 15 is 0 Å². The minimum absolute atomic E-state index is 0.0398. The van der Waals surface area contributed by atoms with Gasteiger partial charge in [0.1, 0.15) is 10.6 Å². The molecule has 0 radical (unpaired) electrons. The van der Waals surface area contributed by atoms with Crippen LogP contribution in [0.25, 0.3) is 10.9 Å². The fourth-order valence-corrected chi connectivity index (χ4v) is 4.85. The van der Waals surface area contributed by atoms with Crippen molar-refractivity contribution in [2.24, 2.45) is 0 Å². The second-order valence-corrected chi connectivity index (χ2v) is 8.66. The number of rotatable bonds is 5. The van der Waals surface area contributed by atoms with Gasteiger partial charge in [-0.2, -0.15) is 0 Å². The summed E-state index contributed by atoms with van der Waals surface area (Å²) in [7, 11) is -3.96. The number of aromatic nitrogens is 2. The van der Waals surface area contributed by atoms with Gasteiger partial charge in [-0.25, -0.2) is 8.42 Å². The summed E-state index contributed by atoms with van der Waals surface area (Å²) in [6.45, 7) is 0.167. The van der Waals surface area contributed by atoms with Crippen LogP contribution in [0.3, 0.4) is 0 Å². The van der Waals surface area contributed by atoms with Crippen LogP contribution < -0.4 is 5.32 Å². The Kier molecular flexibility index (Phi) is 5.08. The number of benzene rings is 2. The minimum atomic E-state index is -3.96. The molecule has 8 heteroatoms. The van der Waals surface area contributed by atoms with Crippen molar-refractivity contribution in [3.63, 3.8) is 0 Å². The molecule has 0 atom stereocenters. The third kappa shape index (κ3) is 3.74. The average Bonchev–Trinajstić information content (AvgIpc) is 3.13. The molecule has 2 heterocycles. The van der Waals surface area contributed by atoms with E-state index in [-0.39, 0.29) is 22.0 Å². The Morgan fingerprint density at radius 3 is 2.52 bits per heavy atom. The summed E-state index contributed by atoms with van der Waals surface area (Å²) in [4.78, 5) is 20.0. The number of carbonyl (C=O) groups excluding carboxylic acids is 1. The van der Waals surface area contributed by atoms with Crippen LogP contribution in [0.4, 0.5) is 0 Å². The summed E-state index contributed by atoms with van der Waals surface area (Å²) in [6.07, 6.45) is 1.62. The van der Waals surface area contributed by atoms with Gasteiger partial charge in [0.25, 0.3) is 5.91 Å². The van der Waals surface area contributed by atoms with Gasteiger partial charge in [0.2, 0.25) is 9.84 Å². The molecule has 0 unspecified atom stereocenters. The molecule has 0 aliphatic rings. The van der Waals surface area contributed by atoms with Gasteiger partial charge in [-0.1, -0.05) is 35.9 Å². The van der Waals surface area contributed by atoms with Crippen molar-refractivity contribution < 1.29 is 13.2 Å². The molecular formula is C21H16ClN3O3S. The predicted octanol–water partition coefficient (Wildman–Crippen LogP) is 3.98. The lowest BCUT2D eigenvalue weighted by Gasteiger charge is -2.08. The first-order valence-corrected chi connectivity index (χ1v) is 10.6. The van der Waals surface area contributed by atoms with Crippen molar-refractivity contribution in [1.29, 1.82) is 0 Å². The number of aromatic amines is 1. The van der Waals surface area contributed by atoms with Gasteiger partial charge >= 0.3 is 0 Å². The first-order valence-electron chi connectivity index (χ1n) is 8.76. The number of fused-ring (bicyclic) bond motifs is 1. The molecule has 0 spiro atoms. The number of sulfone groups is 1. The van der Waals surface area contributed by atoms with Crippen molar-refractivity contribution in [2.75, 3.05) is 0 Å². The highest BCUT2D eigenvalue weighted by molar-refractivity contribution is 7.91. The van der Waals surface area contributed by atoms with E-state index < -0.39 is 15.7 Å². The highest BCUT2D eigenvalue weighted by Crippen LogP contribution is 2.33. The number of nitrogens with zero attached hydrogens (tertiary/aromatic N) is 1. The lowest BCUT2D eigenvalue weighted by Crippen LogP contribution is -2.25. The zero-order chi connectivity index (χ0) is 20.4. The minimum Gasteiger partial charge on any atom is -0.349 e. The summed E-state index contributed by atoms with van der Waals surface area (Å²) in [6, 6.07) is 18.2. The van der Waals surface area contributed by atoms with Crippen LogP contribution in [0.5, 0.6) is 0 Å². The lowest BCUT2D eigenvalue weighted by molar-refractivity contribution is 0.0943. The second-order valence-electron chi connectivity index (χ2n) is 6.34. The topological polar surface area (TPSA) is 91.9 Å². The van der Waals surface area contributed by atoms with Crippen LogP contribution in [-0.2, 0) is 16.4 Å². The fourth-order valence-electron chi connectivity index (χ4n) is 3.06. The molecular weight excluding hydrogens is 410 g/mol. The number of hydrogen-bond acceptors (Lipinski definition) is 4. The van der Waals surface area contributed by atoms with E-state index in [1.165, 1.54) is 12.1 Å². The molecule has 0 aliphatic carbocycles. The van der Waals surface area contributed by atoms with Crippen LogP contribution in [-0.4, -0.2) is 24.3 Å². The molecule has 146 valence electrons. The fraction of sp³-hybridized carbons (Fsp3) is 0.0476. The van der Waals surface area contributed by atoms with E-state index in [1.807, 2.05) is 6.07 Å². The highest BCUT2D eigenvalue weighted by Gasteiger charge is 2.29. The van der Waals surface area contributed by atoms with Gasteiger partial charge in [0.05, 0.1) is 17.1 Å². The largest absolute Gasteiger partial charge is 0.349 e. The van der Waals surface area contributed by atoms with Crippen LogP contribution in [0, 0.1) is 0 Å². The standard InChI is InChI=1S/C21H16ClN3O3S/c22-14-9-10-18-17(12-14)20(29(27,28)16-7-2-1-3-8-16)19(25-18)21(26)24-13-15-6-4-5-11-23-15/h1-12,25H,13H2,(H,24,26). The van der Waals surface area contributed by atoms with E-state index in [9.17, 15) is 13.2 Å². The number of pyridine rings is 1. The molecule has 4 rings (SSSR count). The molecule has 29 heavy (non-hydrogen) atoms. The van der Waals surface area contributed by atoms with Crippen LogP contribution in [0.1, 0.15) is 16.2 Å². The Labute approximate surface area is 172 Å².